The van der Waals surface area contributed by atoms with Crippen molar-refractivity contribution in [2.45, 2.75) is 64.0 Å². The zero-order valence-corrected chi connectivity index (χ0v) is 17.4. The van der Waals surface area contributed by atoms with Crippen molar-refractivity contribution in [3.8, 4) is 16.9 Å². The Labute approximate surface area is 173 Å². The lowest BCUT2D eigenvalue weighted by atomic mass is 10.0. The molecule has 1 aliphatic heterocycles. The summed E-state index contributed by atoms with van der Waals surface area (Å²) in [5.74, 6) is 0.920. The Morgan fingerprint density at radius 3 is 2.31 bits per heavy atom. The first-order valence-corrected chi connectivity index (χ1v) is 11.1. The zero-order chi connectivity index (χ0) is 20.1. The normalized spacial score (nSPS) is 18.8. The molecule has 0 radical (unpaired) electrons. The van der Waals surface area contributed by atoms with Crippen molar-refractivity contribution >= 4 is 0 Å². The lowest BCUT2D eigenvalue weighted by molar-refractivity contribution is 0.0768. The van der Waals surface area contributed by atoms with E-state index in [2.05, 4.69) is 4.90 Å². The maximum absolute atomic E-state index is 11.9. The minimum atomic E-state index is -0.147. The number of rotatable bonds is 7. The monoisotopic (exact) mass is 396 g/mol. The highest BCUT2D eigenvalue weighted by atomic mass is 16.7. The average Bonchev–Trinajstić information content (AvgIpc) is 3.29. The van der Waals surface area contributed by atoms with E-state index in [1.807, 2.05) is 37.3 Å². The van der Waals surface area contributed by atoms with Gasteiger partial charge in [-0.25, -0.2) is 0 Å². The van der Waals surface area contributed by atoms with Gasteiger partial charge in [-0.05, 0) is 55.9 Å². The van der Waals surface area contributed by atoms with Crippen LogP contribution >= 0.6 is 0 Å². The summed E-state index contributed by atoms with van der Waals surface area (Å²) >= 11 is 0. The maximum atomic E-state index is 11.9. The Hall–Kier alpha value is -2.27. The second-order valence-electron chi connectivity index (χ2n) is 8.23. The third-order valence-electron chi connectivity index (χ3n) is 6.12. The van der Waals surface area contributed by atoms with E-state index in [0.717, 1.165) is 55.3 Å². The van der Waals surface area contributed by atoms with Crippen LogP contribution in [0.1, 0.15) is 51.9 Å². The fraction of sp³-hybridized carbons (Fsp3) is 0.542. The molecular formula is C24H32N2O3. The third-order valence-corrected chi connectivity index (χ3v) is 6.12. The van der Waals surface area contributed by atoms with E-state index in [1.165, 1.54) is 30.4 Å². The average molecular weight is 397 g/mol. The van der Waals surface area contributed by atoms with Gasteiger partial charge in [-0.1, -0.05) is 31.9 Å². The quantitative estimate of drug-likeness (QED) is 0.706. The topological polar surface area (TPSA) is 43.7 Å². The Balaban J connectivity index is 1.34. The number of ether oxygens (including phenoxy) is 1. The van der Waals surface area contributed by atoms with Crippen molar-refractivity contribution in [3.05, 3.63) is 52.9 Å². The predicted octanol–water partition coefficient (Wildman–Crippen LogP) is 4.14. The highest BCUT2D eigenvalue weighted by Crippen LogP contribution is 2.28. The number of hydrogen-bond donors (Lipinski definition) is 0. The van der Waals surface area contributed by atoms with Gasteiger partial charge in [-0.15, -0.1) is 0 Å². The first-order valence-electron chi connectivity index (χ1n) is 11.1. The lowest BCUT2D eigenvalue weighted by Gasteiger charge is -2.36. The molecule has 156 valence electrons. The second kappa shape index (κ2) is 9.49. The zero-order valence-electron chi connectivity index (χ0n) is 17.4. The summed E-state index contributed by atoms with van der Waals surface area (Å²) in [5, 5.41) is 0. The van der Waals surface area contributed by atoms with Gasteiger partial charge in [0.25, 0.3) is 5.56 Å². The smallest absolute Gasteiger partial charge is 0.282 e. The maximum Gasteiger partial charge on any atom is 0.282 e. The summed E-state index contributed by atoms with van der Waals surface area (Å²) in [7, 11) is 0. The van der Waals surface area contributed by atoms with E-state index >= 15 is 0 Å². The van der Waals surface area contributed by atoms with Crippen molar-refractivity contribution in [1.82, 2.24) is 9.63 Å². The Kier molecular flexibility index (Phi) is 6.55. The molecule has 5 heteroatoms. The van der Waals surface area contributed by atoms with Gasteiger partial charge in [0.2, 0.25) is 0 Å². The van der Waals surface area contributed by atoms with Gasteiger partial charge in [0, 0.05) is 30.8 Å². The van der Waals surface area contributed by atoms with Gasteiger partial charge in [0.05, 0.1) is 6.20 Å². The molecule has 0 atom stereocenters. The number of nitrogens with zero attached hydrogens (tertiary/aromatic N) is 2. The lowest BCUT2D eigenvalue weighted by Crippen LogP contribution is -2.43. The fourth-order valence-electron chi connectivity index (χ4n) is 4.48. The van der Waals surface area contributed by atoms with Gasteiger partial charge < -0.3 is 14.5 Å². The molecule has 4 rings (SSSR count). The van der Waals surface area contributed by atoms with Crippen LogP contribution in [0, 0.1) is 0 Å². The van der Waals surface area contributed by atoms with Crippen LogP contribution in [0.25, 0.3) is 11.1 Å². The Bertz CT molecular complexity index is 832. The number of benzene rings is 1. The number of aromatic nitrogens is 1. The van der Waals surface area contributed by atoms with Crippen LogP contribution in [0.5, 0.6) is 5.75 Å². The van der Waals surface area contributed by atoms with E-state index in [4.69, 9.17) is 9.57 Å². The van der Waals surface area contributed by atoms with Crippen LogP contribution in [0.4, 0.5) is 0 Å². The molecule has 1 saturated carbocycles. The van der Waals surface area contributed by atoms with E-state index in [9.17, 15) is 4.79 Å². The molecule has 2 heterocycles. The number of pyridine rings is 1. The van der Waals surface area contributed by atoms with Gasteiger partial charge in [0.1, 0.15) is 18.5 Å². The summed E-state index contributed by atoms with van der Waals surface area (Å²) in [5.41, 5.74) is 1.85. The highest BCUT2D eigenvalue weighted by molar-refractivity contribution is 5.63. The van der Waals surface area contributed by atoms with E-state index in [0.29, 0.717) is 12.7 Å². The molecular weight excluding hydrogens is 364 g/mol. The summed E-state index contributed by atoms with van der Waals surface area (Å²) in [6.45, 7) is 4.86. The van der Waals surface area contributed by atoms with Crippen molar-refractivity contribution in [3.63, 3.8) is 0 Å². The summed E-state index contributed by atoms with van der Waals surface area (Å²) in [6, 6.07) is 12.4. The summed E-state index contributed by atoms with van der Waals surface area (Å²) in [6.07, 6.45) is 10.7. The first kappa shape index (κ1) is 20.0. The van der Waals surface area contributed by atoms with Crippen molar-refractivity contribution in [2.75, 3.05) is 19.7 Å². The Morgan fingerprint density at radius 2 is 1.62 bits per heavy atom. The molecule has 0 bridgehead atoms. The Morgan fingerprint density at radius 1 is 0.931 bits per heavy atom. The van der Waals surface area contributed by atoms with E-state index in [-0.39, 0.29) is 5.56 Å². The minimum Gasteiger partial charge on any atom is -0.490 e. The van der Waals surface area contributed by atoms with Crippen LogP contribution in [0.15, 0.2) is 47.4 Å². The van der Waals surface area contributed by atoms with Gasteiger partial charge in [-0.3, -0.25) is 4.79 Å². The van der Waals surface area contributed by atoms with Crippen molar-refractivity contribution < 1.29 is 9.57 Å². The number of piperidine rings is 1. The van der Waals surface area contributed by atoms with Gasteiger partial charge in [0.15, 0.2) is 0 Å². The SMILES string of the molecule is CCCOn1cc(-c2ccc(OC3CCN(C4CCCC4)CC3)cc2)ccc1=O. The van der Waals surface area contributed by atoms with Crippen molar-refractivity contribution in [1.29, 1.82) is 0 Å². The molecule has 2 fully saturated rings. The molecule has 0 amide bonds. The molecule has 0 N–H and O–H groups in total. The van der Waals surface area contributed by atoms with Crippen LogP contribution < -0.4 is 15.1 Å². The summed E-state index contributed by atoms with van der Waals surface area (Å²) < 4.78 is 7.57. The van der Waals surface area contributed by atoms with Gasteiger partial charge >= 0.3 is 0 Å². The third kappa shape index (κ3) is 5.02. The molecule has 29 heavy (non-hydrogen) atoms. The first-order chi connectivity index (χ1) is 14.2. The van der Waals surface area contributed by atoms with E-state index in [1.54, 1.807) is 12.3 Å². The fourth-order valence-corrected chi connectivity index (χ4v) is 4.48. The highest BCUT2D eigenvalue weighted by Gasteiger charge is 2.27. The van der Waals surface area contributed by atoms with E-state index < -0.39 is 0 Å². The van der Waals surface area contributed by atoms with Crippen molar-refractivity contribution in [2.24, 2.45) is 0 Å². The molecule has 2 aromatic rings. The molecule has 1 aliphatic carbocycles. The second-order valence-corrected chi connectivity index (χ2v) is 8.23. The molecule has 5 nitrogen and oxygen atoms in total. The van der Waals surface area contributed by atoms with Crippen LogP contribution in [0.3, 0.4) is 0 Å². The molecule has 1 aromatic heterocycles. The van der Waals surface area contributed by atoms with Gasteiger partial charge in [-0.2, -0.15) is 4.73 Å². The molecule has 1 aromatic carbocycles. The predicted molar refractivity (Wildman–Crippen MR) is 115 cm³/mol. The largest absolute Gasteiger partial charge is 0.490 e. The molecule has 0 unspecified atom stereocenters. The van der Waals surface area contributed by atoms with Crippen LogP contribution in [-0.4, -0.2) is 41.5 Å². The standard InChI is InChI=1S/C24H32N2O3/c1-2-17-28-26-18-20(9-12-24(26)27)19-7-10-22(11-8-19)29-23-13-15-25(16-14-23)21-5-3-4-6-21/h7-12,18,21,23H,2-6,13-17H2,1H3. The molecule has 0 spiro atoms. The number of hydrogen-bond acceptors (Lipinski definition) is 4. The van der Waals surface area contributed by atoms with Crippen LogP contribution in [0.2, 0.25) is 0 Å². The molecule has 1 saturated heterocycles. The number of likely N-dealkylation sites (tertiary alicyclic amines) is 1. The summed E-state index contributed by atoms with van der Waals surface area (Å²) in [4.78, 5) is 20.1. The minimum absolute atomic E-state index is 0.147. The van der Waals surface area contributed by atoms with Crippen LogP contribution in [-0.2, 0) is 0 Å². The molecule has 2 aliphatic rings.